The highest BCUT2D eigenvalue weighted by Gasteiger charge is 2.33. The molecule has 6 heteroatoms. The monoisotopic (exact) mass is 463 g/mol. The van der Waals surface area contributed by atoms with Crippen molar-refractivity contribution in [3.8, 4) is 5.69 Å². The molecule has 0 fully saturated rings. The van der Waals surface area contributed by atoms with E-state index in [1.54, 1.807) is 11.3 Å². The summed E-state index contributed by atoms with van der Waals surface area (Å²) in [5.41, 5.74) is 4.10. The molecule has 1 aliphatic rings. The number of rotatable bonds is 2. The Morgan fingerprint density at radius 1 is 1.00 bits per heavy atom. The number of halogens is 1. The van der Waals surface area contributed by atoms with Crippen LogP contribution in [0.3, 0.4) is 0 Å². The molecule has 0 saturated carbocycles. The Kier molecular flexibility index (Phi) is 4.73. The Morgan fingerprint density at radius 2 is 1.83 bits per heavy atom. The fourth-order valence-electron chi connectivity index (χ4n) is 3.81. The highest BCUT2D eigenvalue weighted by Crippen LogP contribution is 2.38. The number of hydrogen-bond donors (Lipinski definition) is 1. The summed E-state index contributed by atoms with van der Waals surface area (Å²) in [5.74, 6) is 0. The second-order valence-corrected chi connectivity index (χ2v) is 8.81. The van der Waals surface area contributed by atoms with Gasteiger partial charge in [0.1, 0.15) is 6.04 Å². The van der Waals surface area contributed by atoms with E-state index in [2.05, 4.69) is 61.7 Å². The van der Waals surface area contributed by atoms with Crippen LogP contribution in [-0.4, -0.2) is 15.5 Å². The number of benzene rings is 2. The molecule has 4 nitrogen and oxygen atoms in total. The fraction of sp³-hybridized carbons (Fsp3) is 0.0870. The van der Waals surface area contributed by atoms with Gasteiger partial charge < -0.3 is 14.8 Å². The van der Waals surface area contributed by atoms with Gasteiger partial charge in [-0.05, 0) is 59.5 Å². The molecule has 1 atom stereocenters. The van der Waals surface area contributed by atoms with Crippen molar-refractivity contribution in [1.82, 2.24) is 9.47 Å². The van der Waals surface area contributed by atoms with E-state index < -0.39 is 0 Å². The van der Waals surface area contributed by atoms with Gasteiger partial charge in [0.15, 0.2) is 0 Å². The Morgan fingerprint density at radius 3 is 2.62 bits per heavy atom. The first-order chi connectivity index (χ1) is 14.2. The third-order valence-corrected chi connectivity index (χ3v) is 6.59. The van der Waals surface area contributed by atoms with Crippen molar-refractivity contribution in [3.63, 3.8) is 0 Å². The summed E-state index contributed by atoms with van der Waals surface area (Å²) in [6, 6.07) is 23.9. The maximum absolute atomic E-state index is 13.5. The van der Waals surface area contributed by atoms with E-state index in [1.807, 2.05) is 53.4 Å². The normalized spacial score (nSPS) is 15.3. The maximum Gasteiger partial charge on any atom is 0.323 e. The molecule has 5 rings (SSSR count). The number of carbonyl (C=O) groups excluding carboxylic acids is 1. The van der Waals surface area contributed by atoms with Gasteiger partial charge in [-0.25, -0.2) is 4.79 Å². The van der Waals surface area contributed by atoms with Gasteiger partial charge in [0.25, 0.3) is 0 Å². The molecule has 3 heterocycles. The minimum Gasteiger partial charge on any atom is -0.318 e. The second-order valence-electron chi connectivity index (χ2n) is 6.91. The number of hydrogen-bond acceptors (Lipinski definition) is 2. The van der Waals surface area contributed by atoms with Crippen molar-refractivity contribution in [2.45, 2.75) is 12.6 Å². The van der Waals surface area contributed by atoms with Crippen LogP contribution in [-0.2, 0) is 6.54 Å². The summed E-state index contributed by atoms with van der Waals surface area (Å²) in [5, 5.41) is 5.13. The molecule has 2 aromatic heterocycles. The maximum atomic E-state index is 13.5. The van der Waals surface area contributed by atoms with Gasteiger partial charge in [-0.2, -0.15) is 0 Å². The van der Waals surface area contributed by atoms with Gasteiger partial charge in [0, 0.05) is 21.2 Å². The lowest BCUT2D eigenvalue weighted by atomic mass is 10.1. The number of fused-ring (bicyclic) bond motifs is 3. The number of anilines is 1. The number of nitrogens with one attached hydrogen (secondary N) is 1. The molecule has 1 N–H and O–H groups in total. The van der Waals surface area contributed by atoms with E-state index in [-0.39, 0.29) is 12.1 Å². The zero-order valence-corrected chi connectivity index (χ0v) is 17.9. The number of thiophene rings is 1. The SMILES string of the molecule is O=C(Nc1ccc(Br)cc1)N1Cc2ccccc2-n2cccc2C1c1cccs1. The lowest BCUT2D eigenvalue weighted by molar-refractivity contribution is 0.195. The van der Waals surface area contributed by atoms with Crippen molar-refractivity contribution < 1.29 is 4.79 Å². The Bertz CT molecular complexity index is 1150. The zero-order valence-electron chi connectivity index (χ0n) is 15.5. The van der Waals surface area contributed by atoms with Gasteiger partial charge in [-0.1, -0.05) is 40.2 Å². The number of nitrogens with zero attached hydrogens (tertiary/aromatic N) is 2. The molecular weight excluding hydrogens is 446 g/mol. The minimum atomic E-state index is -0.159. The van der Waals surface area contributed by atoms with Crippen LogP contribution < -0.4 is 5.32 Å². The van der Waals surface area contributed by atoms with Crippen LogP contribution in [0.4, 0.5) is 10.5 Å². The van der Waals surface area contributed by atoms with Crippen LogP contribution in [0.5, 0.6) is 0 Å². The van der Waals surface area contributed by atoms with Crippen molar-refractivity contribution >= 4 is 39.0 Å². The lowest BCUT2D eigenvalue weighted by Crippen LogP contribution is -2.37. The predicted molar refractivity (Wildman–Crippen MR) is 121 cm³/mol. The smallest absolute Gasteiger partial charge is 0.318 e. The summed E-state index contributed by atoms with van der Waals surface area (Å²) in [4.78, 5) is 16.5. The number of para-hydroxylation sites is 1. The molecule has 144 valence electrons. The van der Waals surface area contributed by atoms with Gasteiger partial charge in [0.05, 0.1) is 17.9 Å². The minimum absolute atomic E-state index is 0.116. The first-order valence-electron chi connectivity index (χ1n) is 9.33. The van der Waals surface area contributed by atoms with E-state index in [0.29, 0.717) is 6.54 Å². The van der Waals surface area contributed by atoms with Crippen molar-refractivity contribution in [3.05, 3.63) is 105 Å². The van der Waals surface area contributed by atoms with Crippen molar-refractivity contribution in [2.75, 3.05) is 5.32 Å². The molecule has 29 heavy (non-hydrogen) atoms. The van der Waals surface area contributed by atoms with Crippen LogP contribution in [0.2, 0.25) is 0 Å². The van der Waals surface area contributed by atoms with Gasteiger partial charge in [-0.3, -0.25) is 0 Å². The quantitative estimate of drug-likeness (QED) is 0.364. The standard InChI is InChI=1S/C23H18BrN3OS/c24-17-9-11-18(12-10-17)25-23(28)27-15-16-5-1-2-6-19(16)26-13-3-7-20(26)22(27)21-8-4-14-29-21/h1-14,22H,15H2,(H,25,28). The number of carbonyl (C=O) groups is 1. The molecule has 1 unspecified atom stereocenters. The van der Waals surface area contributed by atoms with Crippen LogP contribution in [0.1, 0.15) is 22.2 Å². The molecule has 0 bridgehead atoms. The number of amides is 2. The van der Waals surface area contributed by atoms with Crippen LogP contribution >= 0.6 is 27.3 Å². The molecule has 2 aromatic carbocycles. The highest BCUT2D eigenvalue weighted by atomic mass is 79.9. The average molecular weight is 464 g/mol. The van der Waals surface area contributed by atoms with Crippen molar-refractivity contribution in [1.29, 1.82) is 0 Å². The number of urea groups is 1. The highest BCUT2D eigenvalue weighted by molar-refractivity contribution is 9.10. The molecule has 0 radical (unpaired) electrons. The number of aromatic nitrogens is 1. The Labute approximate surface area is 181 Å². The fourth-order valence-corrected chi connectivity index (χ4v) is 4.93. The summed E-state index contributed by atoms with van der Waals surface area (Å²) < 4.78 is 3.18. The van der Waals surface area contributed by atoms with Gasteiger partial charge in [-0.15, -0.1) is 11.3 Å². The van der Waals surface area contributed by atoms with Crippen LogP contribution in [0, 0.1) is 0 Å². The Hall–Kier alpha value is -2.83. The van der Waals surface area contributed by atoms with E-state index in [9.17, 15) is 4.79 Å². The lowest BCUT2D eigenvalue weighted by Gasteiger charge is -2.30. The molecule has 0 saturated heterocycles. The van der Waals surface area contributed by atoms with Gasteiger partial charge >= 0.3 is 6.03 Å². The van der Waals surface area contributed by atoms with Crippen LogP contribution in [0.15, 0.2) is 88.8 Å². The molecule has 4 aromatic rings. The third-order valence-electron chi connectivity index (χ3n) is 5.13. The van der Waals surface area contributed by atoms with Gasteiger partial charge in [0.2, 0.25) is 0 Å². The van der Waals surface area contributed by atoms with Crippen molar-refractivity contribution in [2.24, 2.45) is 0 Å². The summed E-state index contributed by atoms with van der Waals surface area (Å²) in [6.07, 6.45) is 2.07. The van der Waals surface area contributed by atoms with E-state index in [4.69, 9.17) is 0 Å². The Balaban J connectivity index is 1.60. The first kappa shape index (κ1) is 18.2. The molecule has 0 spiro atoms. The zero-order chi connectivity index (χ0) is 19.8. The molecule has 2 amide bonds. The average Bonchev–Trinajstić information content (AvgIpc) is 3.41. The molecule has 0 aliphatic carbocycles. The first-order valence-corrected chi connectivity index (χ1v) is 11.0. The largest absolute Gasteiger partial charge is 0.323 e. The summed E-state index contributed by atoms with van der Waals surface area (Å²) in [7, 11) is 0. The summed E-state index contributed by atoms with van der Waals surface area (Å²) in [6.45, 7) is 0.531. The summed E-state index contributed by atoms with van der Waals surface area (Å²) >= 11 is 5.11. The topological polar surface area (TPSA) is 37.3 Å². The molecule has 1 aliphatic heterocycles. The predicted octanol–water partition coefficient (Wildman–Crippen LogP) is 6.44. The van der Waals surface area contributed by atoms with Crippen LogP contribution in [0.25, 0.3) is 5.69 Å². The molecular formula is C23H18BrN3OS. The van der Waals surface area contributed by atoms with E-state index >= 15 is 0 Å². The van der Waals surface area contributed by atoms with E-state index in [1.165, 1.54) is 0 Å². The van der Waals surface area contributed by atoms with E-state index in [0.717, 1.165) is 32.0 Å². The second kappa shape index (κ2) is 7.54. The third kappa shape index (κ3) is 3.39.